The lowest BCUT2D eigenvalue weighted by Crippen LogP contribution is -3.16. The van der Waals surface area contributed by atoms with Crippen molar-refractivity contribution in [2.24, 2.45) is 0 Å². The van der Waals surface area contributed by atoms with Crippen LogP contribution in [0.15, 0.2) is 0 Å². The van der Waals surface area contributed by atoms with E-state index in [0.717, 1.165) is 25.9 Å². The quantitative estimate of drug-likeness (QED) is 0.734. The van der Waals surface area contributed by atoms with Crippen LogP contribution in [0.5, 0.6) is 0 Å². The summed E-state index contributed by atoms with van der Waals surface area (Å²) in [6.07, 6.45) is 8.06. The van der Waals surface area contributed by atoms with Crippen LogP contribution < -0.4 is 10.2 Å². The highest BCUT2D eigenvalue weighted by atomic mass is 16.5. The molecule has 2 rings (SSSR count). The Kier molecular flexibility index (Phi) is 5.64. The van der Waals surface area contributed by atoms with Crippen LogP contribution in [0.3, 0.4) is 0 Å². The molecule has 0 aromatic rings. The summed E-state index contributed by atoms with van der Waals surface area (Å²) in [6, 6.07) is 0.422. The number of hydrogen-bond acceptors (Lipinski definition) is 2. The topological polar surface area (TPSA) is 42.8 Å². The number of carbonyl (C=O) groups excluding carboxylic acids is 1. The van der Waals surface area contributed by atoms with E-state index in [9.17, 15) is 4.79 Å². The minimum atomic E-state index is 0.225. The van der Waals surface area contributed by atoms with E-state index in [1.807, 2.05) is 0 Å². The average Bonchev–Trinajstić information content (AvgIpc) is 2.55. The summed E-state index contributed by atoms with van der Waals surface area (Å²) in [5.41, 5.74) is 0. The molecule has 3 atom stereocenters. The Morgan fingerprint density at radius 3 is 2.26 bits per heavy atom. The van der Waals surface area contributed by atoms with Gasteiger partial charge in [-0.25, -0.2) is 0 Å². The monoisotopic (exact) mass is 269 g/mol. The largest absolute Gasteiger partial charge is 0.364 e. The number of ether oxygens (including phenoxy) is 1. The predicted molar refractivity (Wildman–Crippen MR) is 75.2 cm³/mol. The zero-order chi connectivity index (χ0) is 13.7. The van der Waals surface area contributed by atoms with Gasteiger partial charge in [-0.2, -0.15) is 0 Å². The maximum Gasteiger partial charge on any atom is 0.275 e. The van der Waals surface area contributed by atoms with E-state index in [1.165, 1.54) is 30.6 Å². The first-order valence-corrected chi connectivity index (χ1v) is 7.92. The average molecular weight is 269 g/mol. The molecule has 1 saturated heterocycles. The number of rotatable bonds is 3. The second kappa shape index (κ2) is 7.25. The minimum absolute atomic E-state index is 0.225. The van der Waals surface area contributed by atoms with Crippen molar-refractivity contribution < 1.29 is 14.4 Å². The summed E-state index contributed by atoms with van der Waals surface area (Å²) in [4.78, 5) is 13.5. The Bertz CT molecular complexity index is 278. The first-order chi connectivity index (χ1) is 9.13. The van der Waals surface area contributed by atoms with Crippen molar-refractivity contribution >= 4 is 5.91 Å². The molecule has 4 heteroatoms. The smallest absolute Gasteiger partial charge is 0.275 e. The molecule has 110 valence electrons. The molecule has 4 nitrogen and oxygen atoms in total. The number of hydrogen-bond donors (Lipinski definition) is 2. The van der Waals surface area contributed by atoms with Crippen molar-refractivity contribution in [1.82, 2.24) is 5.32 Å². The third kappa shape index (κ3) is 5.11. The Morgan fingerprint density at radius 2 is 1.68 bits per heavy atom. The van der Waals surface area contributed by atoms with Crippen molar-refractivity contribution in [2.45, 2.75) is 70.6 Å². The minimum Gasteiger partial charge on any atom is -0.364 e. The molecule has 2 fully saturated rings. The fourth-order valence-corrected chi connectivity index (χ4v) is 3.46. The fourth-order valence-electron chi connectivity index (χ4n) is 3.46. The van der Waals surface area contributed by atoms with Gasteiger partial charge in [0.05, 0.1) is 0 Å². The zero-order valence-corrected chi connectivity index (χ0v) is 12.4. The number of morpholine rings is 1. The molecule has 1 amide bonds. The molecule has 1 aliphatic carbocycles. The van der Waals surface area contributed by atoms with Gasteiger partial charge in [0, 0.05) is 6.04 Å². The van der Waals surface area contributed by atoms with Gasteiger partial charge >= 0.3 is 0 Å². The SMILES string of the molecule is C[C@@H]1C[NH+](CC(=O)NC2CCCCCC2)C[C@H](C)O1. The third-order valence-corrected chi connectivity index (χ3v) is 4.25. The fraction of sp³-hybridized carbons (Fsp3) is 0.933. The Morgan fingerprint density at radius 1 is 1.11 bits per heavy atom. The van der Waals surface area contributed by atoms with E-state index < -0.39 is 0 Å². The molecular weight excluding hydrogens is 240 g/mol. The molecule has 2 aliphatic rings. The highest BCUT2D eigenvalue weighted by Crippen LogP contribution is 2.16. The van der Waals surface area contributed by atoms with Gasteiger partial charge in [0.1, 0.15) is 25.3 Å². The predicted octanol–water partition coefficient (Wildman–Crippen LogP) is 0.518. The van der Waals surface area contributed by atoms with E-state index >= 15 is 0 Å². The van der Waals surface area contributed by atoms with Crippen molar-refractivity contribution in [3.63, 3.8) is 0 Å². The van der Waals surface area contributed by atoms with Crippen LogP contribution in [0.25, 0.3) is 0 Å². The number of quaternary nitrogens is 1. The van der Waals surface area contributed by atoms with E-state index in [1.54, 1.807) is 0 Å². The molecule has 1 aliphatic heterocycles. The van der Waals surface area contributed by atoms with Crippen LogP contribution in [-0.2, 0) is 9.53 Å². The van der Waals surface area contributed by atoms with Crippen LogP contribution in [0, 0.1) is 0 Å². The summed E-state index contributed by atoms with van der Waals surface area (Å²) in [5, 5.41) is 3.24. The van der Waals surface area contributed by atoms with Gasteiger partial charge in [0.2, 0.25) is 0 Å². The molecule has 0 aromatic carbocycles. The molecule has 0 aromatic heterocycles. The van der Waals surface area contributed by atoms with E-state index in [4.69, 9.17) is 4.74 Å². The van der Waals surface area contributed by atoms with Crippen molar-refractivity contribution in [3.8, 4) is 0 Å². The molecule has 19 heavy (non-hydrogen) atoms. The summed E-state index contributed by atoms with van der Waals surface area (Å²) in [5.74, 6) is 0.225. The molecular formula is C15H29N2O2+. The van der Waals surface area contributed by atoms with Crippen molar-refractivity contribution in [1.29, 1.82) is 0 Å². The summed E-state index contributed by atoms with van der Waals surface area (Å²) >= 11 is 0. The standard InChI is InChI=1S/C15H28N2O2/c1-12-9-17(10-13(2)19-12)11-15(18)16-14-7-5-3-4-6-8-14/h12-14H,3-11H2,1-2H3,(H,16,18)/p+1/t12-,13+. The molecule has 1 heterocycles. The van der Waals surface area contributed by atoms with Crippen LogP contribution in [0.1, 0.15) is 52.4 Å². The van der Waals surface area contributed by atoms with E-state index in [-0.39, 0.29) is 18.1 Å². The van der Waals surface area contributed by atoms with Gasteiger partial charge in [0.15, 0.2) is 6.54 Å². The first kappa shape index (κ1) is 14.8. The van der Waals surface area contributed by atoms with Crippen LogP contribution in [-0.4, -0.2) is 43.8 Å². The summed E-state index contributed by atoms with van der Waals surface area (Å²) in [7, 11) is 0. The third-order valence-electron chi connectivity index (χ3n) is 4.25. The molecule has 1 saturated carbocycles. The summed E-state index contributed by atoms with van der Waals surface area (Å²) in [6.45, 7) is 6.69. The highest BCUT2D eigenvalue weighted by molar-refractivity contribution is 5.77. The highest BCUT2D eigenvalue weighted by Gasteiger charge is 2.27. The normalized spacial score (nSPS) is 33.7. The zero-order valence-electron chi connectivity index (χ0n) is 12.4. The maximum atomic E-state index is 12.1. The Hall–Kier alpha value is -0.610. The lowest BCUT2D eigenvalue weighted by Gasteiger charge is -2.32. The van der Waals surface area contributed by atoms with Crippen LogP contribution >= 0.6 is 0 Å². The second-order valence-electron chi connectivity index (χ2n) is 6.35. The van der Waals surface area contributed by atoms with E-state index in [0.29, 0.717) is 12.6 Å². The summed E-state index contributed by atoms with van der Waals surface area (Å²) < 4.78 is 5.71. The number of amides is 1. The van der Waals surface area contributed by atoms with Gasteiger partial charge < -0.3 is 15.0 Å². The van der Waals surface area contributed by atoms with Gasteiger partial charge in [-0.15, -0.1) is 0 Å². The second-order valence-corrected chi connectivity index (χ2v) is 6.35. The van der Waals surface area contributed by atoms with Gasteiger partial charge in [-0.1, -0.05) is 25.7 Å². The molecule has 0 bridgehead atoms. The molecule has 1 unspecified atom stereocenters. The Labute approximate surface area is 116 Å². The number of nitrogens with one attached hydrogen (secondary N) is 2. The van der Waals surface area contributed by atoms with Gasteiger partial charge in [0.25, 0.3) is 5.91 Å². The van der Waals surface area contributed by atoms with Gasteiger partial charge in [-0.05, 0) is 26.7 Å². The lowest BCUT2D eigenvalue weighted by molar-refractivity contribution is -0.907. The van der Waals surface area contributed by atoms with Crippen molar-refractivity contribution in [3.05, 3.63) is 0 Å². The van der Waals surface area contributed by atoms with Crippen LogP contribution in [0.2, 0.25) is 0 Å². The Balaban J connectivity index is 1.73. The first-order valence-electron chi connectivity index (χ1n) is 7.92. The lowest BCUT2D eigenvalue weighted by atomic mass is 10.1. The van der Waals surface area contributed by atoms with Crippen molar-refractivity contribution in [2.75, 3.05) is 19.6 Å². The van der Waals surface area contributed by atoms with E-state index in [2.05, 4.69) is 19.2 Å². The number of carbonyl (C=O) groups is 1. The van der Waals surface area contributed by atoms with Gasteiger partial charge in [-0.3, -0.25) is 4.79 Å². The maximum absolute atomic E-state index is 12.1. The molecule has 0 spiro atoms. The molecule has 2 N–H and O–H groups in total. The van der Waals surface area contributed by atoms with Crippen LogP contribution in [0.4, 0.5) is 0 Å². The molecule has 0 radical (unpaired) electrons.